The predicted molar refractivity (Wildman–Crippen MR) is 68.1 cm³/mol. The maximum Gasteiger partial charge on any atom is 0.329 e. The molecule has 2 aromatic heterocycles. The zero-order valence-corrected chi connectivity index (χ0v) is 11.4. The van der Waals surface area contributed by atoms with E-state index in [0.29, 0.717) is 11.3 Å². The second kappa shape index (κ2) is 4.65. The first kappa shape index (κ1) is 13.5. The second-order valence-corrected chi connectivity index (χ2v) is 4.60. The summed E-state index contributed by atoms with van der Waals surface area (Å²) in [6.45, 7) is 3.52. The Morgan fingerprint density at radius 3 is 2.53 bits per heavy atom. The molecule has 0 fully saturated rings. The van der Waals surface area contributed by atoms with E-state index in [2.05, 4.69) is 10.1 Å². The van der Waals surface area contributed by atoms with Gasteiger partial charge in [0.25, 0.3) is 5.56 Å². The summed E-state index contributed by atoms with van der Waals surface area (Å²) in [5, 5.41) is 3.60. The maximum atomic E-state index is 13.4. The molecule has 2 aromatic rings. The molecule has 102 valence electrons. The van der Waals surface area contributed by atoms with Crippen molar-refractivity contribution < 1.29 is 4.39 Å². The molecule has 0 aliphatic carbocycles. The third-order valence-electron chi connectivity index (χ3n) is 3.06. The van der Waals surface area contributed by atoms with E-state index in [9.17, 15) is 14.0 Å². The van der Waals surface area contributed by atoms with Crippen molar-refractivity contribution in [3.05, 3.63) is 48.8 Å². The highest BCUT2D eigenvalue weighted by Crippen LogP contribution is 2.12. The van der Waals surface area contributed by atoms with Gasteiger partial charge < -0.3 is 0 Å². The van der Waals surface area contributed by atoms with Crippen LogP contribution in [0.25, 0.3) is 0 Å². The third kappa shape index (κ3) is 2.21. The van der Waals surface area contributed by atoms with E-state index in [1.54, 1.807) is 25.6 Å². The second-order valence-electron chi connectivity index (χ2n) is 4.22. The summed E-state index contributed by atoms with van der Waals surface area (Å²) in [6, 6.07) is 0. The molecule has 0 unspecified atom stereocenters. The molecule has 0 radical (unpaired) electrons. The van der Waals surface area contributed by atoms with Gasteiger partial charge >= 0.3 is 5.69 Å². The molecule has 0 aromatic carbocycles. The molecule has 0 atom stereocenters. The number of nitrogens with zero attached hydrogens (tertiary/aromatic N) is 3. The highest BCUT2D eigenvalue weighted by Gasteiger charge is 2.16. The van der Waals surface area contributed by atoms with Crippen molar-refractivity contribution in [1.29, 1.82) is 0 Å². The molecule has 0 aliphatic rings. The minimum atomic E-state index is -1.17. The fourth-order valence-electron chi connectivity index (χ4n) is 1.87. The summed E-state index contributed by atoms with van der Waals surface area (Å²) in [4.78, 5) is 25.5. The molecule has 0 saturated heterocycles. The number of aromatic nitrogens is 4. The largest absolute Gasteiger partial charge is 0.329 e. The highest BCUT2D eigenvalue weighted by molar-refractivity contribution is 6.29. The lowest BCUT2D eigenvalue weighted by Gasteiger charge is -2.06. The van der Waals surface area contributed by atoms with Crippen LogP contribution >= 0.6 is 11.6 Å². The van der Waals surface area contributed by atoms with Crippen molar-refractivity contribution in [2.45, 2.75) is 20.4 Å². The number of H-pyrrole nitrogens is 1. The number of nitrogens with one attached hydrogen (secondary N) is 1. The van der Waals surface area contributed by atoms with Crippen LogP contribution in [-0.2, 0) is 13.6 Å². The Morgan fingerprint density at radius 2 is 2.00 bits per heavy atom. The Bertz CT molecular complexity index is 759. The summed E-state index contributed by atoms with van der Waals surface area (Å²) >= 11 is 5.40. The van der Waals surface area contributed by atoms with Gasteiger partial charge in [-0.05, 0) is 13.8 Å². The van der Waals surface area contributed by atoms with Gasteiger partial charge in [0.05, 0.1) is 12.2 Å². The normalized spacial score (nSPS) is 11.0. The van der Waals surface area contributed by atoms with E-state index >= 15 is 0 Å². The topological polar surface area (TPSA) is 72.7 Å². The summed E-state index contributed by atoms with van der Waals surface area (Å²) < 4.78 is 15.8. The molecule has 0 bridgehead atoms. The fourth-order valence-corrected chi connectivity index (χ4v) is 2.03. The molecule has 0 amide bonds. The minimum absolute atomic E-state index is 0.0479. The lowest BCUT2D eigenvalue weighted by Crippen LogP contribution is -2.37. The van der Waals surface area contributed by atoms with E-state index in [0.717, 1.165) is 10.3 Å². The van der Waals surface area contributed by atoms with Crippen molar-refractivity contribution in [1.82, 2.24) is 19.3 Å². The van der Waals surface area contributed by atoms with E-state index < -0.39 is 22.2 Å². The summed E-state index contributed by atoms with van der Waals surface area (Å²) in [7, 11) is 1.75. The fraction of sp³-hybridized carbons (Fsp3) is 0.364. The predicted octanol–water partition coefficient (Wildman–Crippen LogP) is 0.728. The first-order valence-electron chi connectivity index (χ1n) is 5.50. The van der Waals surface area contributed by atoms with Crippen LogP contribution in [0.2, 0.25) is 5.15 Å². The van der Waals surface area contributed by atoms with Gasteiger partial charge in [-0.1, -0.05) is 11.6 Å². The van der Waals surface area contributed by atoms with E-state index in [-0.39, 0.29) is 6.54 Å². The Kier molecular flexibility index (Phi) is 3.32. The molecule has 0 saturated carbocycles. The number of aromatic amines is 1. The number of rotatable bonds is 2. The van der Waals surface area contributed by atoms with Crippen LogP contribution in [0.5, 0.6) is 0 Å². The molecule has 2 heterocycles. The molecular formula is C11H12ClFN4O2. The first-order chi connectivity index (χ1) is 8.82. The zero-order chi connectivity index (χ0) is 14.3. The van der Waals surface area contributed by atoms with Gasteiger partial charge in [0.1, 0.15) is 0 Å². The van der Waals surface area contributed by atoms with E-state index in [4.69, 9.17) is 11.6 Å². The van der Waals surface area contributed by atoms with E-state index in [1.807, 2.05) is 0 Å². The van der Waals surface area contributed by atoms with Crippen LogP contribution in [0.1, 0.15) is 17.0 Å². The Morgan fingerprint density at radius 1 is 1.37 bits per heavy atom. The van der Waals surface area contributed by atoms with Gasteiger partial charge in [-0.25, -0.2) is 4.79 Å². The monoisotopic (exact) mass is 286 g/mol. The maximum absolute atomic E-state index is 13.4. The lowest BCUT2D eigenvalue weighted by molar-refractivity contribution is 0.557. The van der Waals surface area contributed by atoms with Crippen molar-refractivity contribution in [3.8, 4) is 0 Å². The average Bonchev–Trinajstić information content (AvgIpc) is 2.57. The summed E-state index contributed by atoms with van der Waals surface area (Å²) in [5.41, 5.74) is 0.396. The van der Waals surface area contributed by atoms with Crippen LogP contribution in [0.4, 0.5) is 4.39 Å². The van der Waals surface area contributed by atoms with Crippen molar-refractivity contribution in [2.75, 3.05) is 0 Å². The van der Waals surface area contributed by atoms with Gasteiger partial charge in [0.2, 0.25) is 5.82 Å². The van der Waals surface area contributed by atoms with Crippen LogP contribution < -0.4 is 11.2 Å². The standard InChI is InChI=1S/C11H12ClFN4O2/c1-5-7(6(2)16(3)15-5)4-17-10(18)8(13)9(12)14-11(17)19/h4H2,1-3H3,(H,14,19). The first-order valence-corrected chi connectivity index (χ1v) is 5.88. The van der Waals surface area contributed by atoms with Gasteiger partial charge in [-0.3, -0.25) is 19.0 Å². The third-order valence-corrected chi connectivity index (χ3v) is 3.32. The van der Waals surface area contributed by atoms with Crippen LogP contribution in [0.15, 0.2) is 9.59 Å². The Labute approximate surface area is 112 Å². The van der Waals surface area contributed by atoms with Crippen molar-refractivity contribution in [2.24, 2.45) is 7.05 Å². The molecule has 19 heavy (non-hydrogen) atoms. The van der Waals surface area contributed by atoms with Crippen LogP contribution in [0, 0.1) is 19.7 Å². The number of hydrogen-bond acceptors (Lipinski definition) is 3. The molecule has 8 heteroatoms. The van der Waals surface area contributed by atoms with Crippen LogP contribution in [0.3, 0.4) is 0 Å². The Balaban J connectivity index is 2.60. The summed E-state index contributed by atoms with van der Waals surface area (Å²) in [6.07, 6.45) is 0. The quantitative estimate of drug-likeness (QED) is 0.827. The number of aryl methyl sites for hydroxylation is 2. The van der Waals surface area contributed by atoms with E-state index in [1.165, 1.54) is 0 Å². The van der Waals surface area contributed by atoms with Crippen molar-refractivity contribution in [3.63, 3.8) is 0 Å². The SMILES string of the molecule is Cc1nn(C)c(C)c1Cn1c(=O)[nH]c(Cl)c(F)c1=O. The molecule has 0 aliphatic heterocycles. The summed E-state index contributed by atoms with van der Waals surface area (Å²) in [5.74, 6) is -1.17. The molecule has 0 spiro atoms. The minimum Gasteiger partial charge on any atom is -0.295 e. The van der Waals surface area contributed by atoms with Gasteiger partial charge in [0.15, 0.2) is 5.15 Å². The van der Waals surface area contributed by atoms with Gasteiger partial charge in [-0.2, -0.15) is 9.49 Å². The molecule has 2 rings (SSSR count). The zero-order valence-electron chi connectivity index (χ0n) is 10.6. The average molecular weight is 287 g/mol. The number of halogens is 2. The van der Waals surface area contributed by atoms with Gasteiger partial charge in [0, 0.05) is 18.3 Å². The molecule has 1 N–H and O–H groups in total. The van der Waals surface area contributed by atoms with Crippen LogP contribution in [-0.4, -0.2) is 19.3 Å². The highest BCUT2D eigenvalue weighted by atomic mass is 35.5. The smallest absolute Gasteiger partial charge is 0.295 e. The Hall–Kier alpha value is -1.89. The lowest BCUT2D eigenvalue weighted by atomic mass is 10.2. The molecule has 6 nitrogen and oxygen atoms in total. The van der Waals surface area contributed by atoms with Gasteiger partial charge in [-0.15, -0.1) is 0 Å². The molecular weight excluding hydrogens is 275 g/mol. The van der Waals surface area contributed by atoms with Crippen molar-refractivity contribution >= 4 is 11.6 Å². The number of hydrogen-bond donors (Lipinski definition) is 1.